The summed E-state index contributed by atoms with van der Waals surface area (Å²) in [5.41, 5.74) is 5.74. The first kappa shape index (κ1) is 16.0. The second-order valence-corrected chi connectivity index (χ2v) is 5.04. The van der Waals surface area contributed by atoms with Crippen LogP contribution in [-0.2, 0) is 20.7 Å². The highest BCUT2D eigenvalue weighted by atomic mass is 35.5. The number of hydrogen-bond acceptors (Lipinski definition) is 5. The van der Waals surface area contributed by atoms with Crippen LogP contribution in [0.3, 0.4) is 0 Å². The van der Waals surface area contributed by atoms with Crippen molar-refractivity contribution in [3.8, 4) is 11.3 Å². The number of esters is 1. The lowest BCUT2D eigenvalue weighted by Crippen LogP contribution is -2.30. The molecule has 1 aromatic carbocycles. The van der Waals surface area contributed by atoms with Crippen LogP contribution in [0.25, 0.3) is 11.3 Å². The molecule has 0 spiro atoms. The number of hydrogen-bond donors (Lipinski definition) is 1. The molecule has 116 valence electrons. The van der Waals surface area contributed by atoms with E-state index in [2.05, 4.69) is 4.98 Å². The zero-order valence-electron chi connectivity index (χ0n) is 11.9. The van der Waals surface area contributed by atoms with Gasteiger partial charge in [-0.3, -0.25) is 9.59 Å². The van der Waals surface area contributed by atoms with Crippen LogP contribution in [0.4, 0.5) is 0 Å². The van der Waals surface area contributed by atoms with Gasteiger partial charge in [0.05, 0.1) is 17.6 Å². The fourth-order valence-corrected chi connectivity index (χ4v) is 1.96. The van der Waals surface area contributed by atoms with Crippen molar-refractivity contribution in [2.45, 2.75) is 25.9 Å². The van der Waals surface area contributed by atoms with Crippen molar-refractivity contribution in [2.24, 2.45) is 5.73 Å². The van der Waals surface area contributed by atoms with E-state index in [1.54, 1.807) is 12.3 Å². The fraction of sp³-hybridized carbons (Fsp3) is 0.267. The zero-order chi connectivity index (χ0) is 16.1. The van der Waals surface area contributed by atoms with Crippen molar-refractivity contribution in [2.75, 3.05) is 0 Å². The largest absolute Gasteiger partial charge is 0.453 e. The highest BCUT2D eigenvalue weighted by Crippen LogP contribution is 2.28. The average Bonchev–Trinajstić information content (AvgIpc) is 2.94. The first-order chi connectivity index (χ1) is 10.5. The minimum atomic E-state index is -0.948. The second-order valence-electron chi connectivity index (χ2n) is 4.63. The molecule has 6 nitrogen and oxygen atoms in total. The van der Waals surface area contributed by atoms with Crippen LogP contribution in [0, 0.1) is 0 Å². The van der Waals surface area contributed by atoms with Crippen LogP contribution in [0.1, 0.15) is 19.2 Å². The molecule has 22 heavy (non-hydrogen) atoms. The average molecular weight is 323 g/mol. The Balaban J connectivity index is 1.94. The number of oxazole rings is 1. The normalized spacial score (nSPS) is 11.9. The highest BCUT2D eigenvalue weighted by Gasteiger charge is 2.16. The van der Waals surface area contributed by atoms with E-state index in [4.69, 9.17) is 26.5 Å². The summed E-state index contributed by atoms with van der Waals surface area (Å²) < 4.78 is 10.4. The number of carbonyl (C=O) groups excluding carboxylic acids is 2. The molecule has 1 amide bonds. The summed E-state index contributed by atoms with van der Waals surface area (Å²) in [6.45, 7) is 1.42. The Labute approximate surface area is 132 Å². The van der Waals surface area contributed by atoms with Gasteiger partial charge in [-0.25, -0.2) is 4.98 Å². The maximum absolute atomic E-state index is 11.5. The molecule has 0 aliphatic rings. The molecular formula is C15H15ClN2O4. The van der Waals surface area contributed by atoms with Crippen LogP contribution >= 0.6 is 11.6 Å². The highest BCUT2D eigenvalue weighted by molar-refractivity contribution is 6.33. The molecular weight excluding hydrogens is 308 g/mol. The minimum absolute atomic E-state index is 0.0418. The number of ether oxygens (including phenoxy) is 1. The number of amides is 1. The molecule has 0 saturated heterocycles. The number of halogens is 1. The van der Waals surface area contributed by atoms with E-state index in [0.29, 0.717) is 16.7 Å². The number of aromatic nitrogens is 1. The maximum Gasteiger partial charge on any atom is 0.307 e. The molecule has 0 unspecified atom stereocenters. The van der Waals surface area contributed by atoms with Crippen LogP contribution in [0.2, 0.25) is 5.02 Å². The third-order valence-electron chi connectivity index (χ3n) is 2.94. The van der Waals surface area contributed by atoms with Gasteiger partial charge in [0.15, 0.2) is 17.8 Å². The summed E-state index contributed by atoms with van der Waals surface area (Å²) in [5, 5.41) is 0.555. The van der Waals surface area contributed by atoms with E-state index in [1.807, 2.05) is 18.2 Å². The monoisotopic (exact) mass is 322 g/mol. The minimum Gasteiger partial charge on any atom is -0.453 e. The first-order valence-corrected chi connectivity index (χ1v) is 7.03. The molecule has 1 aromatic heterocycles. The Bertz CT molecular complexity index is 684. The number of rotatable bonds is 6. The summed E-state index contributed by atoms with van der Waals surface area (Å²) in [4.78, 5) is 26.4. The zero-order valence-corrected chi connectivity index (χ0v) is 12.7. The summed E-state index contributed by atoms with van der Waals surface area (Å²) >= 11 is 6.08. The molecule has 2 N–H and O–H groups in total. The number of primary amides is 1. The molecule has 0 saturated carbocycles. The molecule has 0 bridgehead atoms. The van der Waals surface area contributed by atoms with Gasteiger partial charge in [0.25, 0.3) is 5.91 Å². The van der Waals surface area contributed by atoms with Gasteiger partial charge in [-0.15, -0.1) is 0 Å². The van der Waals surface area contributed by atoms with E-state index in [9.17, 15) is 9.59 Å². The second kappa shape index (κ2) is 7.09. The van der Waals surface area contributed by atoms with E-state index in [0.717, 1.165) is 5.56 Å². The van der Waals surface area contributed by atoms with Gasteiger partial charge >= 0.3 is 5.97 Å². The Hall–Kier alpha value is -2.34. The molecule has 0 radical (unpaired) electrons. The summed E-state index contributed by atoms with van der Waals surface area (Å²) in [6.07, 6.45) is 0.902. The van der Waals surface area contributed by atoms with E-state index in [-0.39, 0.29) is 12.8 Å². The number of carbonyl (C=O) groups is 2. The predicted octanol–water partition coefficient (Wildman–Crippen LogP) is 2.34. The SMILES string of the molecule is C[C@H](OC(=O)CCc1ncc(-c2ccccc2Cl)o1)C(N)=O. The van der Waals surface area contributed by atoms with Crippen molar-refractivity contribution in [3.05, 3.63) is 41.4 Å². The predicted molar refractivity (Wildman–Crippen MR) is 80.0 cm³/mol. The van der Waals surface area contributed by atoms with E-state index < -0.39 is 18.0 Å². The van der Waals surface area contributed by atoms with Crippen LogP contribution in [-0.4, -0.2) is 23.0 Å². The van der Waals surface area contributed by atoms with Gasteiger partial charge in [-0.1, -0.05) is 23.7 Å². The van der Waals surface area contributed by atoms with E-state index in [1.165, 1.54) is 6.92 Å². The van der Waals surface area contributed by atoms with Crippen molar-refractivity contribution >= 4 is 23.5 Å². The summed E-state index contributed by atoms with van der Waals surface area (Å²) in [6, 6.07) is 7.22. The third kappa shape index (κ3) is 4.08. The number of nitrogens with zero attached hydrogens (tertiary/aromatic N) is 1. The van der Waals surface area contributed by atoms with Crippen molar-refractivity contribution in [1.29, 1.82) is 0 Å². The number of benzene rings is 1. The Morgan fingerprint density at radius 2 is 2.14 bits per heavy atom. The maximum atomic E-state index is 11.5. The van der Waals surface area contributed by atoms with Crippen LogP contribution in [0.5, 0.6) is 0 Å². The first-order valence-electron chi connectivity index (χ1n) is 6.65. The fourth-order valence-electron chi connectivity index (χ4n) is 1.73. The molecule has 2 aromatic rings. The lowest BCUT2D eigenvalue weighted by Gasteiger charge is -2.08. The van der Waals surface area contributed by atoms with Gasteiger partial charge in [-0.05, 0) is 19.1 Å². The lowest BCUT2D eigenvalue weighted by atomic mass is 10.2. The molecule has 0 aliphatic carbocycles. The standard InChI is InChI=1S/C15H15ClN2O4/c1-9(15(17)20)21-14(19)7-6-13-18-8-12(22-13)10-4-2-3-5-11(10)16/h2-5,8-9H,6-7H2,1H3,(H2,17,20)/t9-/m0/s1. The smallest absolute Gasteiger partial charge is 0.307 e. The number of aryl methyl sites for hydroxylation is 1. The van der Waals surface area contributed by atoms with Gasteiger partial charge in [0, 0.05) is 12.0 Å². The van der Waals surface area contributed by atoms with Crippen molar-refractivity contribution in [3.63, 3.8) is 0 Å². The summed E-state index contributed by atoms with van der Waals surface area (Å²) in [7, 11) is 0. The molecule has 1 heterocycles. The molecule has 1 atom stereocenters. The molecule has 0 aliphatic heterocycles. The third-order valence-corrected chi connectivity index (χ3v) is 3.27. The van der Waals surface area contributed by atoms with Gasteiger partial charge in [-0.2, -0.15) is 0 Å². The van der Waals surface area contributed by atoms with Crippen LogP contribution in [0.15, 0.2) is 34.9 Å². The molecule has 7 heteroatoms. The molecule has 2 rings (SSSR count). The van der Waals surface area contributed by atoms with Crippen molar-refractivity contribution < 1.29 is 18.7 Å². The van der Waals surface area contributed by atoms with Gasteiger partial charge < -0.3 is 14.9 Å². The quantitative estimate of drug-likeness (QED) is 0.823. The van der Waals surface area contributed by atoms with Crippen molar-refractivity contribution in [1.82, 2.24) is 4.98 Å². The van der Waals surface area contributed by atoms with E-state index >= 15 is 0 Å². The Kier molecular flexibility index (Phi) is 5.16. The Morgan fingerprint density at radius 3 is 2.82 bits per heavy atom. The topological polar surface area (TPSA) is 95.4 Å². The Morgan fingerprint density at radius 1 is 1.41 bits per heavy atom. The van der Waals surface area contributed by atoms with Gasteiger partial charge in [0.1, 0.15) is 0 Å². The molecule has 0 fully saturated rings. The lowest BCUT2D eigenvalue weighted by molar-refractivity contribution is -0.153. The van der Waals surface area contributed by atoms with Crippen LogP contribution < -0.4 is 5.73 Å². The summed E-state index contributed by atoms with van der Waals surface area (Å²) in [5.74, 6) is -0.313. The number of nitrogens with two attached hydrogens (primary N) is 1. The van der Waals surface area contributed by atoms with Gasteiger partial charge in [0.2, 0.25) is 0 Å².